The summed E-state index contributed by atoms with van der Waals surface area (Å²) < 4.78 is 4.83. The van der Waals surface area contributed by atoms with Gasteiger partial charge in [-0.1, -0.05) is 31.5 Å². The molecule has 118 valence electrons. The molecule has 1 aromatic rings. The van der Waals surface area contributed by atoms with Gasteiger partial charge in [0, 0.05) is 13.1 Å². The molecule has 0 saturated carbocycles. The highest BCUT2D eigenvalue weighted by Gasteiger charge is 2.21. The van der Waals surface area contributed by atoms with Gasteiger partial charge in [0.15, 0.2) is 0 Å². The lowest BCUT2D eigenvalue weighted by Crippen LogP contribution is -2.36. The topological polar surface area (TPSA) is 61.8 Å². The van der Waals surface area contributed by atoms with Crippen molar-refractivity contribution < 1.29 is 14.6 Å². The fourth-order valence-electron chi connectivity index (χ4n) is 2.06. The number of benzene rings is 1. The van der Waals surface area contributed by atoms with E-state index in [-0.39, 0.29) is 16.7 Å². The standard InChI is InChI=1S/C15H23ClN2O3/c1-4-18(5-2)9-8-17-14(15(20)21-3)11-6-7-13(19)12(16)10-11/h6-7,10,14,17,19H,4-5,8-9H2,1-3H3. The first kappa shape index (κ1) is 17.8. The number of esters is 1. The van der Waals surface area contributed by atoms with Crippen LogP contribution in [0.1, 0.15) is 25.5 Å². The quantitative estimate of drug-likeness (QED) is 0.720. The van der Waals surface area contributed by atoms with Gasteiger partial charge in [-0.15, -0.1) is 0 Å². The average Bonchev–Trinajstić information content (AvgIpc) is 2.50. The Morgan fingerprint density at radius 1 is 1.43 bits per heavy atom. The number of rotatable bonds is 8. The lowest BCUT2D eigenvalue weighted by molar-refractivity contribution is -0.143. The fraction of sp³-hybridized carbons (Fsp3) is 0.533. The molecule has 0 heterocycles. The van der Waals surface area contributed by atoms with E-state index in [0.29, 0.717) is 12.1 Å². The van der Waals surface area contributed by atoms with Crippen LogP contribution in [0.4, 0.5) is 0 Å². The highest BCUT2D eigenvalue weighted by Crippen LogP contribution is 2.27. The van der Waals surface area contributed by atoms with Crippen LogP contribution in [-0.2, 0) is 9.53 Å². The van der Waals surface area contributed by atoms with Crippen LogP contribution in [0.2, 0.25) is 5.02 Å². The first-order valence-corrected chi connectivity index (χ1v) is 7.43. The van der Waals surface area contributed by atoms with E-state index in [1.54, 1.807) is 12.1 Å². The molecule has 2 N–H and O–H groups in total. The van der Waals surface area contributed by atoms with Crippen molar-refractivity contribution in [3.8, 4) is 5.75 Å². The molecule has 21 heavy (non-hydrogen) atoms. The number of carbonyl (C=O) groups excluding carboxylic acids is 1. The van der Waals surface area contributed by atoms with Gasteiger partial charge in [0.05, 0.1) is 12.1 Å². The molecule has 0 radical (unpaired) electrons. The third-order valence-electron chi connectivity index (χ3n) is 3.41. The second-order valence-corrected chi connectivity index (χ2v) is 5.06. The summed E-state index contributed by atoms with van der Waals surface area (Å²) in [6.07, 6.45) is 0. The molecule has 0 saturated heterocycles. The average molecular weight is 315 g/mol. The number of nitrogens with one attached hydrogen (secondary N) is 1. The second kappa shape index (κ2) is 8.87. The number of halogens is 1. The van der Waals surface area contributed by atoms with Crippen LogP contribution in [0.5, 0.6) is 5.75 Å². The van der Waals surface area contributed by atoms with Gasteiger partial charge in [-0.25, -0.2) is 4.79 Å². The third-order valence-corrected chi connectivity index (χ3v) is 3.72. The number of hydrogen-bond acceptors (Lipinski definition) is 5. The largest absolute Gasteiger partial charge is 0.506 e. The Labute approximate surface area is 130 Å². The number of phenolic OH excluding ortho intramolecular Hbond substituents is 1. The van der Waals surface area contributed by atoms with Crippen LogP contribution in [0.3, 0.4) is 0 Å². The summed E-state index contributed by atoms with van der Waals surface area (Å²) in [5, 5.41) is 12.8. The molecular formula is C15H23ClN2O3. The number of nitrogens with zero attached hydrogens (tertiary/aromatic N) is 1. The minimum Gasteiger partial charge on any atom is -0.506 e. The molecule has 6 heteroatoms. The molecule has 1 aromatic carbocycles. The Morgan fingerprint density at radius 2 is 2.10 bits per heavy atom. The van der Waals surface area contributed by atoms with Crippen LogP contribution < -0.4 is 5.32 Å². The molecule has 1 atom stereocenters. The Hall–Kier alpha value is -1.30. The molecule has 1 rings (SSSR count). The van der Waals surface area contributed by atoms with Gasteiger partial charge in [-0.3, -0.25) is 5.32 Å². The first-order valence-electron chi connectivity index (χ1n) is 7.05. The van der Waals surface area contributed by atoms with Gasteiger partial charge in [0.1, 0.15) is 11.8 Å². The highest BCUT2D eigenvalue weighted by molar-refractivity contribution is 6.32. The number of phenols is 1. The number of likely N-dealkylation sites (N-methyl/N-ethyl adjacent to an activating group) is 1. The summed E-state index contributed by atoms with van der Waals surface area (Å²) in [4.78, 5) is 14.2. The van der Waals surface area contributed by atoms with Crippen LogP contribution >= 0.6 is 11.6 Å². The van der Waals surface area contributed by atoms with Gasteiger partial charge in [-0.05, 0) is 30.8 Å². The van der Waals surface area contributed by atoms with E-state index in [0.717, 1.165) is 19.6 Å². The molecule has 0 aliphatic carbocycles. The zero-order chi connectivity index (χ0) is 15.8. The highest BCUT2D eigenvalue weighted by atomic mass is 35.5. The maximum atomic E-state index is 11.9. The predicted octanol–water partition coefficient (Wildman–Crippen LogP) is 2.19. The Morgan fingerprint density at radius 3 is 2.62 bits per heavy atom. The van der Waals surface area contributed by atoms with Gasteiger partial charge in [0.25, 0.3) is 0 Å². The zero-order valence-electron chi connectivity index (χ0n) is 12.7. The molecule has 0 fully saturated rings. The number of ether oxygens (including phenoxy) is 1. The number of hydrogen-bond donors (Lipinski definition) is 2. The van der Waals surface area contributed by atoms with Crippen molar-refractivity contribution >= 4 is 17.6 Å². The summed E-state index contributed by atoms with van der Waals surface area (Å²) in [6, 6.07) is 4.11. The van der Waals surface area contributed by atoms with E-state index in [4.69, 9.17) is 16.3 Å². The van der Waals surface area contributed by atoms with E-state index in [1.807, 2.05) is 0 Å². The molecule has 5 nitrogen and oxygen atoms in total. The maximum Gasteiger partial charge on any atom is 0.327 e. The van der Waals surface area contributed by atoms with Gasteiger partial charge < -0.3 is 14.7 Å². The second-order valence-electron chi connectivity index (χ2n) is 4.65. The van der Waals surface area contributed by atoms with E-state index in [9.17, 15) is 9.90 Å². The molecule has 0 spiro atoms. The minimum absolute atomic E-state index is 0.00725. The van der Waals surface area contributed by atoms with Crippen molar-refractivity contribution in [3.05, 3.63) is 28.8 Å². The van der Waals surface area contributed by atoms with Crippen LogP contribution in [-0.4, -0.2) is 49.3 Å². The molecule has 0 amide bonds. The molecular weight excluding hydrogens is 292 g/mol. The summed E-state index contributed by atoms with van der Waals surface area (Å²) in [5.41, 5.74) is 0.671. The summed E-state index contributed by atoms with van der Waals surface area (Å²) in [7, 11) is 1.35. The summed E-state index contributed by atoms with van der Waals surface area (Å²) in [6.45, 7) is 7.62. The number of aromatic hydroxyl groups is 1. The van der Waals surface area contributed by atoms with Gasteiger partial charge in [-0.2, -0.15) is 0 Å². The normalized spacial score (nSPS) is 12.4. The predicted molar refractivity (Wildman–Crippen MR) is 83.7 cm³/mol. The van der Waals surface area contributed by atoms with E-state index < -0.39 is 6.04 Å². The van der Waals surface area contributed by atoms with Gasteiger partial charge >= 0.3 is 5.97 Å². The Kier molecular flexibility index (Phi) is 7.50. The van der Waals surface area contributed by atoms with Crippen LogP contribution in [0, 0.1) is 0 Å². The van der Waals surface area contributed by atoms with Crippen LogP contribution in [0.25, 0.3) is 0 Å². The van der Waals surface area contributed by atoms with Crippen molar-refractivity contribution in [2.24, 2.45) is 0 Å². The van der Waals surface area contributed by atoms with Crippen molar-refractivity contribution in [1.82, 2.24) is 10.2 Å². The third kappa shape index (κ3) is 5.19. The SMILES string of the molecule is CCN(CC)CCNC(C(=O)OC)c1ccc(O)c(Cl)c1. The number of carbonyl (C=O) groups is 1. The smallest absolute Gasteiger partial charge is 0.327 e. The molecule has 0 aromatic heterocycles. The van der Waals surface area contributed by atoms with Crippen LogP contribution in [0.15, 0.2) is 18.2 Å². The van der Waals surface area contributed by atoms with Crippen molar-refractivity contribution in [2.75, 3.05) is 33.3 Å². The lowest BCUT2D eigenvalue weighted by atomic mass is 10.1. The van der Waals surface area contributed by atoms with Gasteiger partial charge in [0.2, 0.25) is 0 Å². The number of methoxy groups -OCH3 is 1. The Bertz CT molecular complexity index is 464. The Balaban J connectivity index is 2.76. The maximum absolute atomic E-state index is 11.9. The lowest BCUT2D eigenvalue weighted by Gasteiger charge is -2.21. The zero-order valence-corrected chi connectivity index (χ0v) is 13.5. The molecule has 0 aliphatic heterocycles. The van der Waals surface area contributed by atoms with Crippen molar-refractivity contribution in [2.45, 2.75) is 19.9 Å². The fourth-order valence-corrected chi connectivity index (χ4v) is 2.25. The first-order chi connectivity index (χ1) is 10.0. The molecule has 1 unspecified atom stereocenters. The van der Waals surface area contributed by atoms with Crippen molar-refractivity contribution in [3.63, 3.8) is 0 Å². The molecule has 0 aliphatic rings. The van der Waals surface area contributed by atoms with Crippen molar-refractivity contribution in [1.29, 1.82) is 0 Å². The summed E-state index contributed by atoms with van der Waals surface area (Å²) in [5.74, 6) is -0.386. The molecule has 0 bridgehead atoms. The minimum atomic E-state index is -0.594. The van der Waals surface area contributed by atoms with E-state index in [1.165, 1.54) is 13.2 Å². The van der Waals surface area contributed by atoms with E-state index >= 15 is 0 Å². The monoisotopic (exact) mass is 314 g/mol. The summed E-state index contributed by atoms with van der Waals surface area (Å²) >= 11 is 5.90. The van der Waals surface area contributed by atoms with E-state index in [2.05, 4.69) is 24.1 Å².